The zero-order chi connectivity index (χ0) is 14.7. The molecule has 1 unspecified atom stereocenters. The van der Waals surface area contributed by atoms with Crippen LogP contribution < -0.4 is 20.1 Å². The van der Waals surface area contributed by atoms with E-state index in [0.717, 1.165) is 31.6 Å². The van der Waals surface area contributed by atoms with Crippen molar-refractivity contribution in [2.45, 2.75) is 38.3 Å². The maximum Gasteiger partial charge on any atom is 0.258 e. The Labute approximate surface area is 125 Å². The molecule has 1 aliphatic carbocycles. The van der Waals surface area contributed by atoms with Crippen LogP contribution in [0.5, 0.6) is 11.5 Å². The zero-order valence-electron chi connectivity index (χ0n) is 12.4. The fourth-order valence-electron chi connectivity index (χ4n) is 2.41. The van der Waals surface area contributed by atoms with Crippen molar-refractivity contribution in [3.05, 3.63) is 23.8 Å². The molecule has 1 aromatic rings. The van der Waals surface area contributed by atoms with Crippen LogP contribution in [0.2, 0.25) is 0 Å². The summed E-state index contributed by atoms with van der Waals surface area (Å²) >= 11 is 0. The van der Waals surface area contributed by atoms with Gasteiger partial charge in [-0.1, -0.05) is 6.92 Å². The maximum absolute atomic E-state index is 11.6. The highest BCUT2D eigenvalue weighted by atomic mass is 16.5. The van der Waals surface area contributed by atoms with Crippen LogP contribution in [0.4, 0.5) is 0 Å². The summed E-state index contributed by atoms with van der Waals surface area (Å²) in [5, 5.41) is 6.36. The second-order valence-electron chi connectivity index (χ2n) is 5.65. The Kier molecular flexibility index (Phi) is 4.29. The number of amides is 1. The van der Waals surface area contributed by atoms with Gasteiger partial charge in [0.15, 0.2) is 6.61 Å². The second kappa shape index (κ2) is 6.35. The van der Waals surface area contributed by atoms with Gasteiger partial charge in [-0.15, -0.1) is 0 Å². The van der Waals surface area contributed by atoms with Gasteiger partial charge in [-0.2, -0.15) is 0 Å². The monoisotopic (exact) mass is 290 g/mol. The number of ether oxygens (including phenoxy) is 2. The van der Waals surface area contributed by atoms with E-state index in [1.165, 1.54) is 5.56 Å². The molecule has 3 rings (SSSR count). The summed E-state index contributed by atoms with van der Waals surface area (Å²) in [6.45, 7) is 3.84. The zero-order valence-corrected chi connectivity index (χ0v) is 12.4. The predicted octanol–water partition coefficient (Wildman–Crippen LogP) is 1.78. The number of hydrogen-bond acceptors (Lipinski definition) is 4. The van der Waals surface area contributed by atoms with Gasteiger partial charge < -0.3 is 20.1 Å². The molecule has 1 aliphatic heterocycles. The normalized spacial score (nSPS) is 19.8. The molecule has 0 saturated heterocycles. The summed E-state index contributed by atoms with van der Waals surface area (Å²) in [6.07, 6.45) is 3.28. The van der Waals surface area contributed by atoms with Gasteiger partial charge in [0.25, 0.3) is 5.91 Å². The van der Waals surface area contributed by atoms with Crippen LogP contribution >= 0.6 is 0 Å². The summed E-state index contributed by atoms with van der Waals surface area (Å²) in [5.41, 5.74) is 1.17. The van der Waals surface area contributed by atoms with Gasteiger partial charge in [0.05, 0.1) is 6.04 Å². The highest BCUT2D eigenvalue weighted by Gasteiger charge is 2.25. The van der Waals surface area contributed by atoms with Crippen molar-refractivity contribution in [1.82, 2.24) is 10.6 Å². The van der Waals surface area contributed by atoms with E-state index in [-0.39, 0.29) is 18.6 Å². The van der Waals surface area contributed by atoms with Crippen molar-refractivity contribution in [3.8, 4) is 11.5 Å². The first-order valence-electron chi connectivity index (χ1n) is 7.68. The highest BCUT2D eigenvalue weighted by molar-refractivity contribution is 5.78. The molecular formula is C16H22N2O3. The molecule has 0 bridgehead atoms. The molecule has 1 aromatic carbocycles. The van der Waals surface area contributed by atoms with E-state index in [0.29, 0.717) is 18.4 Å². The minimum atomic E-state index is -0.0543. The molecule has 1 saturated carbocycles. The van der Waals surface area contributed by atoms with Crippen molar-refractivity contribution in [3.63, 3.8) is 0 Å². The molecule has 5 nitrogen and oxygen atoms in total. The lowest BCUT2D eigenvalue weighted by Gasteiger charge is -2.11. The summed E-state index contributed by atoms with van der Waals surface area (Å²) in [6, 6.07) is 6.41. The molecule has 2 N–H and O–H groups in total. The first-order chi connectivity index (χ1) is 10.3. The number of hydrogen-bond donors (Lipinski definition) is 2. The largest absolute Gasteiger partial charge is 0.491 e. The third-order valence-corrected chi connectivity index (χ3v) is 3.72. The number of benzene rings is 1. The van der Waals surface area contributed by atoms with Gasteiger partial charge in [-0.05, 0) is 37.9 Å². The van der Waals surface area contributed by atoms with Crippen molar-refractivity contribution in [1.29, 1.82) is 0 Å². The molecule has 0 spiro atoms. The fourth-order valence-corrected chi connectivity index (χ4v) is 2.41. The van der Waals surface area contributed by atoms with E-state index in [1.54, 1.807) is 0 Å². The number of rotatable bonds is 7. The lowest BCUT2D eigenvalue weighted by molar-refractivity contribution is -0.123. The van der Waals surface area contributed by atoms with Gasteiger partial charge >= 0.3 is 0 Å². The third-order valence-electron chi connectivity index (χ3n) is 3.72. The highest BCUT2D eigenvalue weighted by Crippen LogP contribution is 2.35. The Morgan fingerprint density at radius 3 is 3.05 bits per heavy atom. The second-order valence-corrected chi connectivity index (χ2v) is 5.65. The van der Waals surface area contributed by atoms with Crippen LogP contribution in [0.1, 0.15) is 37.8 Å². The first kappa shape index (κ1) is 14.2. The SMILES string of the molecule is CCCNC1COc2cc(OCC(=O)NC3CC3)ccc21. The molecule has 21 heavy (non-hydrogen) atoms. The quantitative estimate of drug-likeness (QED) is 0.803. The predicted molar refractivity (Wildman–Crippen MR) is 79.6 cm³/mol. The molecule has 1 fully saturated rings. The van der Waals surface area contributed by atoms with Gasteiger partial charge in [0.1, 0.15) is 18.1 Å². The first-order valence-corrected chi connectivity index (χ1v) is 7.68. The summed E-state index contributed by atoms with van der Waals surface area (Å²) in [4.78, 5) is 11.6. The van der Waals surface area contributed by atoms with Crippen molar-refractivity contribution in [2.24, 2.45) is 0 Å². The lowest BCUT2D eigenvalue weighted by atomic mass is 10.1. The van der Waals surface area contributed by atoms with Crippen molar-refractivity contribution in [2.75, 3.05) is 19.8 Å². The van der Waals surface area contributed by atoms with Crippen LogP contribution in [0.15, 0.2) is 18.2 Å². The number of carbonyl (C=O) groups excluding carboxylic acids is 1. The Hall–Kier alpha value is -1.75. The maximum atomic E-state index is 11.6. The molecule has 1 heterocycles. The minimum Gasteiger partial charge on any atom is -0.491 e. The van der Waals surface area contributed by atoms with Crippen molar-refractivity contribution < 1.29 is 14.3 Å². The van der Waals surface area contributed by atoms with E-state index in [4.69, 9.17) is 9.47 Å². The topological polar surface area (TPSA) is 59.6 Å². The van der Waals surface area contributed by atoms with Crippen molar-refractivity contribution >= 4 is 5.91 Å². The Bertz CT molecular complexity index is 514. The van der Waals surface area contributed by atoms with Crippen LogP contribution in [0.25, 0.3) is 0 Å². The Balaban J connectivity index is 1.54. The molecular weight excluding hydrogens is 268 g/mol. The fraction of sp³-hybridized carbons (Fsp3) is 0.562. The summed E-state index contributed by atoms with van der Waals surface area (Å²) in [5.74, 6) is 1.47. The molecule has 1 atom stereocenters. The standard InChI is InChI=1S/C16H22N2O3/c1-2-7-17-14-9-21-15-8-12(5-6-13(14)15)20-10-16(19)18-11-3-4-11/h5-6,8,11,14,17H,2-4,7,9-10H2,1H3,(H,18,19). The van der Waals surface area contributed by atoms with E-state index in [2.05, 4.69) is 17.6 Å². The third kappa shape index (κ3) is 3.67. The number of nitrogens with one attached hydrogen (secondary N) is 2. The Morgan fingerprint density at radius 1 is 1.43 bits per heavy atom. The molecule has 1 amide bonds. The van der Waals surface area contributed by atoms with Crippen LogP contribution in [-0.2, 0) is 4.79 Å². The molecule has 5 heteroatoms. The van der Waals surface area contributed by atoms with Gasteiger partial charge in [0.2, 0.25) is 0 Å². The van der Waals surface area contributed by atoms with Gasteiger partial charge in [-0.25, -0.2) is 0 Å². The Morgan fingerprint density at radius 2 is 2.29 bits per heavy atom. The van der Waals surface area contributed by atoms with Crippen LogP contribution in [0, 0.1) is 0 Å². The smallest absolute Gasteiger partial charge is 0.258 e. The average molecular weight is 290 g/mol. The van der Waals surface area contributed by atoms with E-state index < -0.39 is 0 Å². The van der Waals surface area contributed by atoms with Gasteiger partial charge in [-0.3, -0.25) is 4.79 Å². The van der Waals surface area contributed by atoms with Gasteiger partial charge in [0, 0.05) is 17.7 Å². The molecule has 0 aromatic heterocycles. The van der Waals surface area contributed by atoms with Crippen LogP contribution in [-0.4, -0.2) is 31.7 Å². The lowest BCUT2D eigenvalue weighted by Crippen LogP contribution is -2.30. The molecule has 114 valence electrons. The number of fused-ring (bicyclic) bond motifs is 1. The molecule has 0 radical (unpaired) electrons. The van der Waals surface area contributed by atoms with Crippen LogP contribution in [0.3, 0.4) is 0 Å². The van der Waals surface area contributed by atoms with E-state index >= 15 is 0 Å². The number of carbonyl (C=O) groups is 1. The average Bonchev–Trinajstić information content (AvgIpc) is 3.21. The van der Waals surface area contributed by atoms with E-state index in [1.807, 2.05) is 18.2 Å². The summed E-state index contributed by atoms with van der Waals surface area (Å²) in [7, 11) is 0. The minimum absolute atomic E-state index is 0.0543. The molecule has 2 aliphatic rings. The summed E-state index contributed by atoms with van der Waals surface area (Å²) < 4.78 is 11.2. The van der Waals surface area contributed by atoms with E-state index in [9.17, 15) is 4.79 Å².